The molecule has 82 valence electrons. The van der Waals surface area contributed by atoms with Crippen LogP contribution in [0.5, 0.6) is 0 Å². The number of anilines is 1. The Morgan fingerprint density at radius 1 is 1.50 bits per heavy atom. The van der Waals surface area contributed by atoms with Gasteiger partial charge in [-0.05, 0) is 18.9 Å². The molecule has 0 saturated carbocycles. The van der Waals surface area contributed by atoms with Gasteiger partial charge in [-0.2, -0.15) is 0 Å². The van der Waals surface area contributed by atoms with Crippen LogP contribution < -0.4 is 16.1 Å². The zero-order valence-corrected chi connectivity index (χ0v) is 9.23. The summed E-state index contributed by atoms with van der Waals surface area (Å²) in [5.74, 6) is 0. The van der Waals surface area contributed by atoms with Crippen molar-refractivity contribution in [2.24, 2.45) is 5.73 Å². The molecule has 16 heavy (non-hydrogen) atoms. The summed E-state index contributed by atoms with van der Waals surface area (Å²) < 4.78 is 0. The van der Waals surface area contributed by atoms with Crippen LogP contribution in [-0.4, -0.2) is 33.3 Å². The summed E-state index contributed by atoms with van der Waals surface area (Å²) in [7, 11) is 5.93. The van der Waals surface area contributed by atoms with Crippen LogP contribution in [0.25, 0.3) is 0 Å². The van der Waals surface area contributed by atoms with E-state index in [0.717, 1.165) is 37.9 Å². The first kappa shape index (κ1) is 11.2. The van der Waals surface area contributed by atoms with E-state index in [2.05, 4.69) is 4.90 Å². The average Bonchev–Trinajstić information content (AvgIpc) is 2.28. The van der Waals surface area contributed by atoms with Gasteiger partial charge in [0.1, 0.15) is 7.85 Å². The second-order valence-electron chi connectivity index (χ2n) is 4.25. The number of carbonyl (C=O) groups excluding carboxylic acids is 1. The van der Waals surface area contributed by atoms with E-state index >= 15 is 0 Å². The summed E-state index contributed by atoms with van der Waals surface area (Å²) in [5.41, 5.74) is 8.07. The molecule has 0 spiro atoms. The molecule has 1 saturated heterocycles. The first-order valence-electron chi connectivity index (χ1n) is 5.56. The molecule has 1 aromatic rings. The number of para-hydroxylation sites is 1. The molecule has 4 heteroatoms. The molecule has 1 heterocycles. The molecule has 1 aliphatic rings. The monoisotopic (exact) mass is 214 g/mol. The lowest BCUT2D eigenvalue weighted by molar-refractivity contribution is 0.112. The normalized spacial score (nSPS) is 20.8. The molecule has 1 fully saturated rings. The lowest BCUT2D eigenvalue weighted by Crippen LogP contribution is -2.44. The summed E-state index contributed by atoms with van der Waals surface area (Å²) in [6.45, 7) is 1.69. The topological polar surface area (TPSA) is 46.3 Å². The lowest BCUT2D eigenvalue weighted by Gasteiger charge is -2.34. The van der Waals surface area contributed by atoms with Crippen LogP contribution in [0.15, 0.2) is 18.2 Å². The fourth-order valence-electron chi connectivity index (χ4n) is 2.25. The van der Waals surface area contributed by atoms with Gasteiger partial charge in [-0.3, -0.25) is 4.79 Å². The van der Waals surface area contributed by atoms with Crippen molar-refractivity contribution in [2.45, 2.75) is 18.9 Å². The van der Waals surface area contributed by atoms with Crippen LogP contribution in [0.1, 0.15) is 23.2 Å². The van der Waals surface area contributed by atoms with Crippen LogP contribution >= 0.6 is 0 Å². The van der Waals surface area contributed by atoms with E-state index in [0.29, 0.717) is 11.0 Å². The summed E-state index contributed by atoms with van der Waals surface area (Å²) in [6.07, 6.45) is 2.94. The summed E-state index contributed by atoms with van der Waals surface area (Å²) >= 11 is 0. The van der Waals surface area contributed by atoms with Crippen LogP contribution in [0.4, 0.5) is 5.69 Å². The van der Waals surface area contributed by atoms with E-state index < -0.39 is 0 Å². The molecule has 1 aromatic carbocycles. The number of nitrogens with zero attached hydrogens (tertiary/aromatic N) is 1. The number of aldehydes is 1. The predicted octanol–water partition coefficient (Wildman–Crippen LogP) is 0.220. The smallest absolute Gasteiger partial charge is 0.152 e. The van der Waals surface area contributed by atoms with Crippen molar-refractivity contribution >= 4 is 25.3 Å². The highest BCUT2D eigenvalue weighted by molar-refractivity contribution is 6.36. The molecular weight excluding hydrogens is 199 g/mol. The molecule has 0 aliphatic carbocycles. The molecule has 0 aromatic heterocycles. The minimum atomic E-state index is 0.174. The number of rotatable bonds is 2. The van der Waals surface area contributed by atoms with E-state index in [9.17, 15) is 4.79 Å². The van der Waals surface area contributed by atoms with Crippen molar-refractivity contribution in [1.82, 2.24) is 0 Å². The summed E-state index contributed by atoms with van der Waals surface area (Å²) in [4.78, 5) is 13.1. The number of carbonyl (C=O) groups is 1. The largest absolute Gasteiger partial charge is 0.370 e. The first-order chi connectivity index (χ1) is 7.72. The zero-order chi connectivity index (χ0) is 11.5. The predicted molar refractivity (Wildman–Crippen MR) is 66.6 cm³/mol. The van der Waals surface area contributed by atoms with E-state index in [1.807, 2.05) is 6.07 Å². The average molecular weight is 214 g/mol. The third-order valence-corrected chi connectivity index (χ3v) is 3.00. The maximum atomic E-state index is 11.0. The van der Waals surface area contributed by atoms with E-state index in [1.165, 1.54) is 0 Å². The summed E-state index contributed by atoms with van der Waals surface area (Å²) in [6, 6.07) is 5.58. The highest BCUT2D eigenvalue weighted by Crippen LogP contribution is 2.20. The van der Waals surface area contributed by atoms with Crippen LogP contribution in [-0.2, 0) is 0 Å². The highest BCUT2D eigenvalue weighted by Gasteiger charge is 2.19. The Labute approximate surface area is 97.0 Å². The molecule has 0 amide bonds. The Balaban J connectivity index is 2.34. The number of nitrogens with two attached hydrogens (primary N) is 1. The molecule has 2 N–H and O–H groups in total. The minimum Gasteiger partial charge on any atom is -0.370 e. The molecule has 2 radical (unpaired) electrons. The van der Waals surface area contributed by atoms with Gasteiger partial charge in [0.25, 0.3) is 0 Å². The number of hydrogen-bond donors (Lipinski definition) is 1. The third-order valence-electron chi connectivity index (χ3n) is 3.00. The molecule has 3 nitrogen and oxygen atoms in total. The number of benzene rings is 1. The van der Waals surface area contributed by atoms with Gasteiger partial charge in [-0.1, -0.05) is 17.6 Å². The molecule has 0 bridgehead atoms. The van der Waals surface area contributed by atoms with Gasteiger partial charge in [0, 0.05) is 30.4 Å². The SMILES string of the molecule is [B]c1cccc(C=O)c1N1CCC[C@@H](N)C1. The van der Waals surface area contributed by atoms with Gasteiger partial charge in [0.15, 0.2) is 6.29 Å². The Hall–Kier alpha value is -1.29. The van der Waals surface area contributed by atoms with Crippen molar-refractivity contribution in [2.75, 3.05) is 18.0 Å². The van der Waals surface area contributed by atoms with Gasteiger partial charge in [-0.15, -0.1) is 0 Å². The number of piperidine rings is 1. The van der Waals surface area contributed by atoms with Crippen molar-refractivity contribution in [3.05, 3.63) is 23.8 Å². The van der Waals surface area contributed by atoms with Crippen LogP contribution in [0.3, 0.4) is 0 Å². The molecule has 1 aliphatic heterocycles. The molecule has 1 atom stereocenters. The third kappa shape index (κ3) is 2.12. The van der Waals surface area contributed by atoms with Crippen molar-refractivity contribution in [3.63, 3.8) is 0 Å². The minimum absolute atomic E-state index is 0.174. The van der Waals surface area contributed by atoms with Gasteiger partial charge in [0.05, 0.1) is 0 Å². The second kappa shape index (κ2) is 4.70. The Bertz CT molecular complexity index is 395. The highest BCUT2D eigenvalue weighted by atomic mass is 16.1. The van der Waals surface area contributed by atoms with Crippen LogP contribution in [0.2, 0.25) is 0 Å². The quantitative estimate of drug-likeness (QED) is 0.565. The van der Waals surface area contributed by atoms with Crippen molar-refractivity contribution in [1.29, 1.82) is 0 Å². The summed E-state index contributed by atoms with van der Waals surface area (Å²) in [5, 5.41) is 0. The van der Waals surface area contributed by atoms with Crippen molar-refractivity contribution < 1.29 is 4.79 Å². The van der Waals surface area contributed by atoms with Crippen LogP contribution in [0, 0.1) is 0 Å². The van der Waals surface area contributed by atoms with E-state index in [-0.39, 0.29) is 6.04 Å². The second-order valence-corrected chi connectivity index (χ2v) is 4.25. The zero-order valence-electron chi connectivity index (χ0n) is 9.23. The fourth-order valence-corrected chi connectivity index (χ4v) is 2.25. The Morgan fingerprint density at radius 2 is 2.31 bits per heavy atom. The molecule has 2 rings (SSSR count). The van der Waals surface area contributed by atoms with Gasteiger partial charge in [-0.25, -0.2) is 0 Å². The van der Waals surface area contributed by atoms with Gasteiger partial charge >= 0.3 is 0 Å². The Morgan fingerprint density at radius 3 is 3.00 bits per heavy atom. The molecular formula is C12H15BN2O. The lowest BCUT2D eigenvalue weighted by atomic mass is 9.90. The maximum Gasteiger partial charge on any atom is 0.152 e. The Kier molecular flexibility index (Phi) is 3.29. The van der Waals surface area contributed by atoms with Crippen molar-refractivity contribution in [3.8, 4) is 0 Å². The first-order valence-corrected chi connectivity index (χ1v) is 5.56. The molecule has 0 unspecified atom stereocenters. The van der Waals surface area contributed by atoms with Gasteiger partial charge < -0.3 is 10.6 Å². The van der Waals surface area contributed by atoms with Gasteiger partial charge in [0.2, 0.25) is 0 Å². The standard InChI is InChI=1S/C12H15BN2O/c13-11-5-1-3-9(8-16)12(11)15-6-2-4-10(14)7-15/h1,3,5,8,10H,2,4,6-7,14H2/t10-/m1/s1. The maximum absolute atomic E-state index is 11.0. The fraction of sp³-hybridized carbons (Fsp3) is 0.417. The van der Waals surface area contributed by atoms with E-state index in [4.69, 9.17) is 13.6 Å². The number of hydrogen-bond acceptors (Lipinski definition) is 3. The van der Waals surface area contributed by atoms with E-state index in [1.54, 1.807) is 12.1 Å².